The number of benzene rings is 2. The number of alkyl halides is 3. The Labute approximate surface area is 123 Å². The van der Waals surface area contributed by atoms with Crippen molar-refractivity contribution in [2.24, 2.45) is 0 Å². The van der Waals surface area contributed by atoms with Crippen LogP contribution in [0.3, 0.4) is 0 Å². The number of nitrogen functional groups attached to an aromatic ring is 1. The molecular weight excluding hydrogens is 307 g/mol. The molecule has 0 unspecified atom stereocenters. The van der Waals surface area contributed by atoms with Gasteiger partial charge in [0.15, 0.2) is 0 Å². The Bertz CT molecular complexity index is 576. The van der Waals surface area contributed by atoms with Crippen molar-refractivity contribution in [2.75, 3.05) is 5.73 Å². The summed E-state index contributed by atoms with van der Waals surface area (Å²) in [5.74, 6) is 0.506. The van der Waals surface area contributed by atoms with Gasteiger partial charge >= 0.3 is 6.18 Å². The van der Waals surface area contributed by atoms with Crippen molar-refractivity contribution < 1.29 is 13.2 Å². The van der Waals surface area contributed by atoms with Gasteiger partial charge in [0, 0.05) is 16.3 Å². The minimum atomic E-state index is -4.31. The van der Waals surface area contributed by atoms with Gasteiger partial charge in [-0.15, -0.1) is 11.8 Å². The standard InChI is InChI=1S/C14H11ClF3NS/c15-11-2-1-3-12(19)13(11)20-8-9-4-6-10(7-5-9)14(16,17)18/h1-7H,8,19H2. The van der Waals surface area contributed by atoms with Crippen LogP contribution in [0.2, 0.25) is 5.02 Å². The van der Waals surface area contributed by atoms with E-state index in [0.717, 1.165) is 22.6 Å². The van der Waals surface area contributed by atoms with E-state index in [9.17, 15) is 13.2 Å². The second-order valence-electron chi connectivity index (χ2n) is 4.14. The highest BCUT2D eigenvalue weighted by Crippen LogP contribution is 2.35. The summed E-state index contributed by atoms with van der Waals surface area (Å²) < 4.78 is 37.3. The quantitative estimate of drug-likeness (QED) is 0.619. The molecule has 0 radical (unpaired) electrons. The van der Waals surface area contributed by atoms with Crippen LogP contribution in [0.15, 0.2) is 47.4 Å². The molecule has 0 heterocycles. The van der Waals surface area contributed by atoms with Crippen LogP contribution < -0.4 is 5.73 Å². The first kappa shape index (κ1) is 15.1. The Hall–Kier alpha value is -1.33. The molecule has 6 heteroatoms. The van der Waals surface area contributed by atoms with E-state index in [1.54, 1.807) is 18.2 Å². The highest BCUT2D eigenvalue weighted by atomic mass is 35.5. The Morgan fingerprint density at radius 2 is 1.70 bits per heavy atom. The topological polar surface area (TPSA) is 26.0 Å². The van der Waals surface area contributed by atoms with E-state index in [0.29, 0.717) is 16.5 Å². The number of anilines is 1. The van der Waals surface area contributed by atoms with Crippen molar-refractivity contribution in [1.29, 1.82) is 0 Å². The van der Waals surface area contributed by atoms with E-state index < -0.39 is 11.7 Å². The molecule has 0 bridgehead atoms. The Balaban J connectivity index is 2.08. The van der Waals surface area contributed by atoms with Crippen molar-refractivity contribution in [3.8, 4) is 0 Å². The third kappa shape index (κ3) is 3.61. The van der Waals surface area contributed by atoms with Gasteiger partial charge in [-0.3, -0.25) is 0 Å². The predicted molar refractivity (Wildman–Crippen MR) is 76.9 cm³/mol. The summed E-state index contributed by atoms with van der Waals surface area (Å²) in [7, 11) is 0. The molecule has 0 saturated carbocycles. The van der Waals surface area contributed by atoms with Gasteiger partial charge in [-0.2, -0.15) is 13.2 Å². The zero-order chi connectivity index (χ0) is 14.8. The average molecular weight is 318 g/mol. The number of thioether (sulfide) groups is 1. The molecule has 0 aromatic heterocycles. The molecule has 0 spiro atoms. The highest BCUT2D eigenvalue weighted by molar-refractivity contribution is 7.98. The molecule has 0 aliphatic carbocycles. The summed E-state index contributed by atoms with van der Waals surface area (Å²) in [5.41, 5.74) is 6.51. The predicted octanol–water partition coefficient (Wildman–Crippen LogP) is 5.23. The Morgan fingerprint density at radius 3 is 2.25 bits per heavy atom. The van der Waals surface area contributed by atoms with Gasteiger partial charge in [0.05, 0.1) is 10.6 Å². The number of halogens is 4. The van der Waals surface area contributed by atoms with Crippen molar-refractivity contribution in [2.45, 2.75) is 16.8 Å². The minimum Gasteiger partial charge on any atom is -0.398 e. The first-order valence-corrected chi connectivity index (χ1v) is 7.07. The Kier molecular flexibility index (Phi) is 4.50. The fraction of sp³-hybridized carbons (Fsp3) is 0.143. The number of hydrogen-bond donors (Lipinski definition) is 1. The molecule has 0 amide bonds. The van der Waals surface area contributed by atoms with Crippen molar-refractivity contribution in [3.05, 3.63) is 58.6 Å². The van der Waals surface area contributed by atoms with E-state index in [2.05, 4.69) is 0 Å². The molecule has 1 nitrogen and oxygen atoms in total. The molecule has 0 aliphatic heterocycles. The zero-order valence-corrected chi connectivity index (χ0v) is 11.8. The maximum Gasteiger partial charge on any atom is 0.416 e. The third-order valence-corrected chi connectivity index (χ3v) is 4.31. The van der Waals surface area contributed by atoms with Crippen LogP contribution in [0.5, 0.6) is 0 Å². The number of rotatable bonds is 3. The maximum absolute atomic E-state index is 12.4. The van der Waals surface area contributed by atoms with E-state index >= 15 is 0 Å². The third-order valence-electron chi connectivity index (χ3n) is 2.66. The second kappa shape index (κ2) is 5.97. The van der Waals surface area contributed by atoms with E-state index in [4.69, 9.17) is 17.3 Å². The van der Waals surface area contributed by atoms with Crippen LogP contribution in [0.25, 0.3) is 0 Å². The lowest BCUT2D eigenvalue weighted by Gasteiger charge is -2.09. The molecule has 0 saturated heterocycles. The zero-order valence-electron chi connectivity index (χ0n) is 10.2. The normalized spacial score (nSPS) is 11.6. The highest BCUT2D eigenvalue weighted by Gasteiger charge is 2.29. The van der Waals surface area contributed by atoms with Crippen molar-refractivity contribution in [1.82, 2.24) is 0 Å². The van der Waals surface area contributed by atoms with Gasteiger partial charge in [-0.1, -0.05) is 29.8 Å². The lowest BCUT2D eigenvalue weighted by Crippen LogP contribution is -2.04. The van der Waals surface area contributed by atoms with Crippen LogP contribution in [0.4, 0.5) is 18.9 Å². The summed E-state index contributed by atoms with van der Waals surface area (Å²) in [5, 5.41) is 0.543. The van der Waals surface area contributed by atoms with E-state index in [-0.39, 0.29) is 0 Å². The molecule has 2 aromatic rings. The molecule has 0 atom stereocenters. The van der Waals surface area contributed by atoms with E-state index in [1.165, 1.54) is 23.9 Å². The van der Waals surface area contributed by atoms with Gasteiger partial charge in [0.2, 0.25) is 0 Å². The fourth-order valence-electron chi connectivity index (χ4n) is 1.62. The van der Waals surface area contributed by atoms with E-state index in [1.807, 2.05) is 0 Å². The molecule has 20 heavy (non-hydrogen) atoms. The summed E-state index contributed by atoms with van der Waals surface area (Å²) in [6, 6.07) is 10.3. The first-order valence-electron chi connectivity index (χ1n) is 5.71. The monoisotopic (exact) mass is 317 g/mol. The molecule has 106 valence electrons. The summed E-state index contributed by atoms with van der Waals surface area (Å²) in [6.45, 7) is 0. The first-order chi connectivity index (χ1) is 9.38. The molecule has 2 aromatic carbocycles. The van der Waals surface area contributed by atoms with Gasteiger partial charge in [-0.25, -0.2) is 0 Å². The molecule has 0 fully saturated rings. The molecule has 2 N–H and O–H groups in total. The number of hydrogen-bond acceptors (Lipinski definition) is 2. The van der Waals surface area contributed by atoms with Crippen LogP contribution in [-0.2, 0) is 11.9 Å². The lowest BCUT2D eigenvalue weighted by molar-refractivity contribution is -0.137. The largest absolute Gasteiger partial charge is 0.416 e. The van der Waals surface area contributed by atoms with Crippen LogP contribution in [0.1, 0.15) is 11.1 Å². The second-order valence-corrected chi connectivity index (χ2v) is 5.53. The molecular formula is C14H11ClF3NS. The van der Waals surface area contributed by atoms with Crippen molar-refractivity contribution in [3.63, 3.8) is 0 Å². The number of nitrogens with two attached hydrogens (primary N) is 1. The van der Waals surface area contributed by atoms with Gasteiger partial charge in [0.25, 0.3) is 0 Å². The van der Waals surface area contributed by atoms with Gasteiger partial charge in [0.1, 0.15) is 0 Å². The van der Waals surface area contributed by atoms with Crippen LogP contribution in [-0.4, -0.2) is 0 Å². The van der Waals surface area contributed by atoms with Crippen LogP contribution >= 0.6 is 23.4 Å². The Morgan fingerprint density at radius 1 is 1.05 bits per heavy atom. The summed E-state index contributed by atoms with van der Waals surface area (Å²) in [4.78, 5) is 0.745. The SMILES string of the molecule is Nc1cccc(Cl)c1SCc1ccc(C(F)(F)F)cc1. The fourth-order valence-corrected chi connectivity index (χ4v) is 2.91. The smallest absolute Gasteiger partial charge is 0.398 e. The molecule has 0 aliphatic rings. The maximum atomic E-state index is 12.4. The van der Waals surface area contributed by atoms with Gasteiger partial charge < -0.3 is 5.73 Å². The molecule has 2 rings (SSSR count). The summed E-state index contributed by atoms with van der Waals surface area (Å²) in [6.07, 6.45) is -4.31. The average Bonchev–Trinajstić information content (AvgIpc) is 2.37. The van der Waals surface area contributed by atoms with Gasteiger partial charge in [-0.05, 0) is 29.8 Å². The minimum absolute atomic E-state index is 0.506. The summed E-state index contributed by atoms with van der Waals surface area (Å²) >= 11 is 7.43. The van der Waals surface area contributed by atoms with Crippen LogP contribution in [0, 0.1) is 0 Å². The lowest BCUT2D eigenvalue weighted by atomic mass is 10.1. The van der Waals surface area contributed by atoms with Crippen molar-refractivity contribution >= 4 is 29.1 Å².